The Hall–Kier alpha value is -7.95. The van der Waals surface area contributed by atoms with Crippen molar-refractivity contribution in [2.24, 2.45) is 0 Å². The zero-order chi connectivity index (χ0) is 40.3. The van der Waals surface area contributed by atoms with Gasteiger partial charge in [-0.2, -0.15) is 0 Å². The average Bonchev–Trinajstić information content (AvgIpc) is 3.72. The number of aromatic nitrogens is 3. The molecule has 0 unspecified atom stereocenters. The van der Waals surface area contributed by atoms with E-state index >= 15 is 0 Å². The molecule has 0 spiro atoms. The van der Waals surface area contributed by atoms with Gasteiger partial charge in [0.25, 0.3) is 0 Å². The first-order valence-corrected chi connectivity index (χ1v) is 20.9. The summed E-state index contributed by atoms with van der Waals surface area (Å²) in [6.45, 7) is 0. The van der Waals surface area contributed by atoms with E-state index in [1.807, 2.05) is 18.2 Å². The summed E-state index contributed by atoms with van der Waals surface area (Å²) in [4.78, 5) is 15.4. The van der Waals surface area contributed by atoms with Gasteiger partial charge in [0, 0.05) is 27.5 Å². The highest BCUT2D eigenvalue weighted by molar-refractivity contribution is 6.14. The Morgan fingerprint density at radius 1 is 0.361 bits per heavy atom. The second-order valence-electron chi connectivity index (χ2n) is 15.8. The zero-order valence-electron chi connectivity index (χ0n) is 33.2. The van der Waals surface area contributed by atoms with E-state index in [-0.39, 0.29) is 0 Å². The molecule has 0 atom stereocenters. The fourth-order valence-corrected chi connectivity index (χ4v) is 9.35. The van der Waals surface area contributed by atoms with Crippen molar-refractivity contribution in [2.75, 3.05) is 0 Å². The molecule has 0 fully saturated rings. The first-order chi connectivity index (χ1) is 30.2. The summed E-state index contributed by atoms with van der Waals surface area (Å²) in [5.74, 6) is 2.00. The maximum absolute atomic E-state index is 6.72. The molecule has 9 aromatic carbocycles. The van der Waals surface area contributed by atoms with Crippen molar-refractivity contribution in [3.8, 4) is 56.2 Å². The van der Waals surface area contributed by atoms with Crippen molar-refractivity contribution in [2.45, 2.75) is 12.8 Å². The second kappa shape index (κ2) is 14.4. The highest BCUT2D eigenvalue weighted by Crippen LogP contribution is 2.44. The van der Waals surface area contributed by atoms with E-state index in [0.29, 0.717) is 17.5 Å². The van der Waals surface area contributed by atoms with Crippen molar-refractivity contribution in [1.82, 2.24) is 15.0 Å². The van der Waals surface area contributed by atoms with Crippen molar-refractivity contribution >= 4 is 49.1 Å². The van der Waals surface area contributed by atoms with Gasteiger partial charge in [0.05, 0.1) is 0 Å². The highest BCUT2D eigenvalue weighted by atomic mass is 16.3. The van der Waals surface area contributed by atoms with Gasteiger partial charge in [-0.25, -0.2) is 15.0 Å². The van der Waals surface area contributed by atoms with Gasteiger partial charge < -0.3 is 4.42 Å². The SMILES string of the molecule is C1=C(c2nc(-c3ccccc3)nc(-c3ccc4ccccc4c3)n2)c2cccc(-c3cccc4oc5cc(-c6ccc(-c7ccccc7)c7ccccc67)ccc5c34)c2CC1. The smallest absolute Gasteiger partial charge is 0.164 e. The summed E-state index contributed by atoms with van der Waals surface area (Å²) < 4.78 is 6.72. The molecular formula is C57H37N3O. The molecule has 0 aliphatic heterocycles. The molecule has 11 aromatic rings. The third-order valence-electron chi connectivity index (χ3n) is 12.2. The van der Waals surface area contributed by atoms with Crippen molar-refractivity contribution in [3.63, 3.8) is 0 Å². The van der Waals surface area contributed by atoms with Gasteiger partial charge in [0.2, 0.25) is 0 Å². The molecule has 0 saturated heterocycles. The Morgan fingerprint density at radius 3 is 1.79 bits per heavy atom. The van der Waals surface area contributed by atoms with E-state index in [4.69, 9.17) is 19.4 Å². The van der Waals surface area contributed by atoms with Crippen LogP contribution in [0.4, 0.5) is 0 Å². The van der Waals surface area contributed by atoms with Gasteiger partial charge in [-0.15, -0.1) is 0 Å². The summed E-state index contributed by atoms with van der Waals surface area (Å²) in [6, 6.07) is 68.6. The van der Waals surface area contributed by atoms with E-state index in [2.05, 4.69) is 182 Å². The number of allylic oxidation sites excluding steroid dienone is 1. The molecule has 1 aliphatic carbocycles. The Labute approximate surface area is 353 Å². The number of rotatable bonds is 6. The Kier molecular flexibility index (Phi) is 8.27. The lowest BCUT2D eigenvalue weighted by Gasteiger charge is -2.21. The third-order valence-corrected chi connectivity index (χ3v) is 12.2. The number of hydrogen-bond acceptors (Lipinski definition) is 4. The minimum Gasteiger partial charge on any atom is -0.456 e. The molecule has 0 radical (unpaired) electrons. The number of nitrogens with zero attached hydrogens (tertiary/aromatic N) is 3. The molecule has 2 heterocycles. The molecule has 0 amide bonds. The normalized spacial score (nSPS) is 12.6. The minimum absolute atomic E-state index is 0.659. The first-order valence-electron chi connectivity index (χ1n) is 20.9. The van der Waals surface area contributed by atoms with Gasteiger partial charge in [0.1, 0.15) is 11.2 Å². The molecule has 4 nitrogen and oxygen atoms in total. The fourth-order valence-electron chi connectivity index (χ4n) is 9.35. The van der Waals surface area contributed by atoms with Crippen LogP contribution in [0.2, 0.25) is 0 Å². The number of benzene rings is 9. The van der Waals surface area contributed by atoms with Gasteiger partial charge in [0.15, 0.2) is 17.5 Å². The number of hydrogen-bond donors (Lipinski definition) is 0. The third kappa shape index (κ3) is 6.03. The number of fused-ring (bicyclic) bond motifs is 6. The van der Waals surface area contributed by atoms with Crippen molar-refractivity contribution < 1.29 is 4.42 Å². The highest BCUT2D eigenvalue weighted by Gasteiger charge is 2.24. The van der Waals surface area contributed by atoms with Gasteiger partial charge in [-0.3, -0.25) is 0 Å². The van der Waals surface area contributed by atoms with Crippen LogP contribution in [0.25, 0.3) is 105 Å². The first kappa shape index (κ1) is 35.0. The Balaban J connectivity index is 0.968. The van der Waals surface area contributed by atoms with E-state index in [1.54, 1.807) is 0 Å². The molecule has 4 heteroatoms. The standard InChI is InChI=1S/C57H37N3O/c1-3-15-37(16-4-1)42-32-33-43(45-21-10-9-20-44(42)45)40-30-31-51-53(35-40)61-52-27-13-25-49(54(51)52)47-23-11-24-48-46(47)22-12-26-50(48)57-59-55(38-17-5-2-6-18-38)58-56(60-57)41-29-28-36-14-7-8-19-39(36)34-41/h1-11,13-21,23-35H,12,22H2. The summed E-state index contributed by atoms with van der Waals surface area (Å²) in [5, 5.41) is 7.02. The van der Waals surface area contributed by atoms with Crippen LogP contribution < -0.4 is 0 Å². The maximum Gasteiger partial charge on any atom is 0.164 e. The predicted molar refractivity (Wildman–Crippen MR) is 251 cm³/mol. The van der Waals surface area contributed by atoms with Crippen LogP contribution in [0, 0.1) is 0 Å². The largest absolute Gasteiger partial charge is 0.456 e. The van der Waals surface area contributed by atoms with Gasteiger partial charge >= 0.3 is 0 Å². The monoisotopic (exact) mass is 779 g/mol. The van der Waals surface area contributed by atoms with Crippen molar-refractivity contribution in [1.29, 1.82) is 0 Å². The number of furan rings is 1. The lowest BCUT2D eigenvalue weighted by molar-refractivity contribution is 0.669. The van der Waals surface area contributed by atoms with Crippen LogP contribution in [0.15, 0.2) is 205 Å². The molecule has 286 valence electrons. The molecule has 1 aliphatic rings. The molecule has 0 N–H and O–H groups in total. The lowest BCUT2D eigenvalue weighted by atomic mass is 9.84. The van der Waals surface area contributed by atoms with Crippen LogP contribution in [0.5, 0.6) is 0 Å². The quantitative estimate of drug-likeness (QED) is 0.169. The summed E-state index contributed by atoms with van der Waals surface area (Å²) in [7, 11) is 0. The fraction of sp³-hybridized carbons (Fsp3) is 0.0351. The van der Waals surface area contributed by atoms with Crippen LogP contribution in [-0.2, 0) is 6.42 Å². The zero-order valence-corrected chi connectivity index (χ0v) is 33.2. The van der Waals surface area contributed by atoms with Gasteiger partial charge in [-0.1, -0.05) is 176 Å². The van der Waals surface area contributed by atoms with Crippen LogP contribution in [-0.4, -0.2) is 15.0 Å². The lowest BCUT2D eigenvalue weighted by Crippen LogP contribution is -2.08. The van der Waals surface area contributed by atoms with Gasteiger partial charge in [-0.05, 0) is 103 Å². The van der Waals surface area contributed by atoms with Crippen LogP contribution in [0.1, 0.15) is 23.4 Å². The summed E-state index contributed by atoms with van der Waals surface area (Å²) in [6.07, 6.45) is 4.08. The predicted octanol–water partition coefficient (Wildman–Crippen LogP) is 14.8. The molecule has 0 bridgehead atoms. The maximum atomic E-state index is 6.72. The van der Waals surface area contributed by atoms with Crippen LogP contribution in [0.3, 0.4) is 0 Å². The Morgan fingerprint density at radius 2 is 0.984 bits per heavy atom. The molecule has 0 saturated carbocycles. The molecule has 2 aromatic heterocycles. The van der Waals surface area contributed by atoms with E-state index in [1.165, 1.54) is 44.0 Å². The minimum atomic E-state index is 0.659. The Bertz CT molecular complexity index is 3530. The summed E-state index contributed by atoms with van der Waals surface area (Å²) in [5.41, 5.74) is 14.3. The average molecular weight is 780 g/mol. The molecular weight excluding hydrogens is 743 g/mol. The summed E-state index contributed by atoms with van der Waals surface area (Å²) >= 11 is 0. The molecule has 61 heavy (non-hydrogen) atoms. The van der Waals surface area contributed by atoms with E-state index in [9.17, 15) is 0 Å². The second-order valence-corrected chi connectivity index (χ2v) is 15.8. The van der Waals surface area contributed by atoms with E-state index in [0.717, 1.165) is 73.6 Å². The van der Waals surface area contributed by atoms with Crippen LogP contribution >= 0.6 is 0 Å². The van der Waals surface area contributed by atoms with E-state index < -0.39 is 0 Å². The topological polar surface area (TPSA) is 51.8 Å². The van der Waals surface area contributed by atoms with Crippen molar-refractivity contribution in [3.05, 3.63) is 217 Å². The molecule has 12 rings (SSSR count).